The Morgan fingerprint density at radius 1 is 0.656 bits per heavy atom. The molecule has 0 radical (unpaired) electrons. The van der Waals surface area contributed by atoms with Crippen LogP contribution in [0.3, 0.4) is 0 Å². The molecule has 0 spiro atoms. The minimum atomic E-state index is -3.93. The first-order chi connectivity index (χ1) is 14.8. The van der Waals surface area contributed by atoms with Crippen LogP contribution >= 0.6 is 20.2 Å². The summed E-state index contributed by atoms with van der Waals surface area (Å²) in [7, 11) is -3.93. The van der Waals surface area contributed by atoms with Gasteiger partial charge in [0.05, 0.1) is 0 Å². The van der Waals surface area contributed by atoms with E-state index in [9.17, 15) is 8.42 Å². The Balaban J connectivity index is 2.25. The van der Waals surface area contributed by atoms with E-state index in [1.54, 1.807) is 24.3 Å². The van der Waals surface area contributed by atoms with Crippen LogP contribution in [0, 0.1) is 14.1 Å². The van der Waals surface area contributed by atoms with E-state index in [0.717, 1.165) is 23.8 Å². The van der Waals surface area contributed by atoms with Crippen LogP contribution in [0.1, 0.15) is 58.2 Å². The molecule has 5 heteroatoms. The van der Waals surface area contributed by atoms with E-state index in [-0.39, 0.29) is 15.7 Å². The zero-order chi connectivity index (χ0) is 23.7. The Morgan fingerprint density at radius 2 is 1.06 bits per heavy atom. The Labute approximate surface area is 201 Å². The predicted molar refractivity (Wildman–Crippen MR) is 141 cm³/mol. The van der Waals surface area contributed by atoms with Crippen LogP contribution in [-0.2, 0) is 23.5 Å². The van der Waals surface area contributed by atoms with Gasteiger partial charge in [0, 0.05) is 0 Å². The van der Waals surface area contributed by atoms with Crippen molar-refractivity contribution in [3.63, 3.8) is 0 Å². The van der Waals surface area contributed by atoms with Gasteiger partial charge in [-0.25, -0.2) is 0 Å². The normalized spacial score (nSPS) is 13.2. The zero-order valence-corrected chi connectivity index (χ0v) is 22.9. The van der Waals surface area contributed by atoms with Crippen molar-refractivity contribution in [1.29, 1.82) is 0 Å². The Hall–Kier alpha value is -1.70. The summed E-state index contributed by atoms with van der Waals surface area (Å²) in [5.41, 5.74) is 3.00. The average Bonchev–Trinajstić information content (AvgIpc) is 2.71. The summed E-state index contributed by atoms with van der Waals surface area (Å²) < 4.78 is 35.2. The van der Waals surface area contributed by atoms with Crippen LogP contribution in [0.15, 0.2) is 77.7 Å². The molecular formula is C27H33IO3S. The summed E-state index contributed by atoms with van der Waals surface area (Å²) in [4.78, 5) is 0.201. The summed E-state index contributed by atoms with van der Waals surface area (Å²) in [5, 5.41) is 0. The van der Waals surface area contributed by atoms with E-state index in [4.69, 9.17) is 2.51 Å². The van der Waals surface area contributed by atoms with Crippen molar-refractivity contribution >= 4 is 30.4 Å². The Morgan fingerprint density at radius 3 is 1.47 bits per heavy atom. The van der Waals surface area contributed by atoms with E-state index in [1.807, 2.05) is 31.2 Å². The van der Waals surface area contributed by atoms with E-state index in [0.29, 0.717) is 0 Å². The van der Waals surface area contributed by atoms with E-state index < -0.39 is 30.4 Å². The van der Waals surface area contributed by atoms with E-state index >= 15 is 0 Å². The Kier molecular flexibility index (Phi) is 7.23. The molecule has 172 valence electrons. The molecular weight excluding hydrogens is 531 g/mol. The first-order valence-corrected chi connectivity index (χ1v) is 15.2. The molecule has 0 atom stereocenters. The van der Waals surface area contributed by atoms with Crippen LogP contribution < -0.4 is 0 Å². The molecule has 3 rings (SSSR count). The van der Waals surface area contributed by atoms with Crippen LogP contribution in [0.4, 0.5) is 0 Å². The van der Waals surface area contributed by atoms with Gasteiger partial charge in [0.25, 0.3) is 0 Å². The van der Waals surface area contributed by atoms with E-state index in [2.05, 4.69) is 65.8 Å². The van der Waals surface area contributed by atoms with Gasteiger partial charge in [0.2, 0.25) is 0 Å². The number of hydrogen-bond acceptors (Lipinski definition) is 3. The first kappa shape index (κ1) is 24.9. The standard InChI is InChI=1S/C27H33IO3S/c1-20-16-18-21(19-17-20)32(29,30)31-28(24-14-10-8-12-22(24)26(2,3)4)25-15-11-9-13-23(25)27(5,6)7/h8-19H,1-7H3. The topological polar surface area (TPSA) is 43.4 Å². The number of rotatable bonds is 5. The molecule has 0 saturated carbocycles. The molecule has 3 aromatic carbocycles. The molecule has 0 bridgehead atoms. The molecule has 0 heterocycles. The molecule has 0 amide bonds. The van der Waals surface area contributed by atoms with Crippen LogP contribution in [0.25, 0.3) is 0 Å². The first-order valence-electron chi connectivity index (χ1n) is 10.7. The minimum absolute atomic E-state index is 0.139. The van der Waals surface area contributed by atoms with Gasteiger partial charge < -0.3 is 0 Å². The molecule has 0 fully saturated rings. The summed E-state index contributed by atoms with van der Waals surface area (Å²) in [6.07, 6.45) is 0. The zero-order valence-electron chi connectivity index (χ0n) is 19.9. The fourth-order valence-corrected chi connectivity index (χ4v) is 12.2. The number of hydrogen-bond donors (Lipinski definition) is 0. The van der Waals surface area contributed by atoms with Crippen molar-refractivity contribution in [2.45, 2.75) is 64.2 Å². The molecule has 32 heavy (non-hydrogen) atoms. The molecule has 0 saturated heterocycles. The summed E-state index contributed by atoms with van der Waals surface area (Å²) in [5.74, 6) is 0. The van der Waals surface area contributed by atoms with Gasteiger partial charge in [-0.3, -0.25) is 0 Å². The number of aryl methyl sites for hydroxylation is 1. The summed E-state index contributed by atoms with van der Waals surface area (Å²) in [6, 6.07) is 23.2. The van der Waals surface area contributed by atoms with Crippen LogP contribution in [0.5, 0.6) is 0 Å². The second-order valence-corrected chi connectivity index (χ2v) is 16.4. The van der Waals surface area contributed by atoms with Gasteiger partial charge in [-0.2, -0.15) is 0 Å². The van der Waals surface area contributed by atoms with Gasteiger partial charge in [0.1, 0.15) is 0 Å². The van der Waals surface area contributed by atoms with Crippen LogP contribution in [0.2, 0.25) is 0 Å². The molecule has 0 N–H and O–H groups in total. The fourth-order valence-electron chi connectivity index (χ4n) is 3.44. The summed E-state index contributed by atoms with van der Waals surface area (Å²) in [6.45, 7) is 14.9. The third-order valence-electron chi connectivity index (χ3n) is 5.19. The van der Waals surface area contributed by atoms with Crippen molar-refractivity contribution in [2.24, 2.45) is 0 Å². The van der Waals surface area contributed by atoms with Crippen molar-refractivity contribution in [3.05, 3.63) is 96.6 Å². The van der Waals surface area contributed by atoms with Crippen molar-refractivity contribution < 1.29 is 10.9 Å². The monoisotopic (exact) mass is 564 g/mol. The maximum absolute atomic E-state index is 13.4. The van der Waals surface area contributed by atoms with Gasteiger partial charge in [-0.05, 0) is 0 Å². The van der Waals surface area contributed by atoms with Crippen molar-refractivity contribution in [1.82, 2.24) is 0 Å². The van der Waals surface area contributed by atoms with Crippen molar-refractivity contribution in [3.8, 4) is 0 Å². The average molecular weight is 565 g/mol. The van der Waals surface area contributed by atoms with Gasteiger partial charge in [-0.1, -0.05) is 0 Å². The predicted octanol–water partition coefficient (Wildman–Crippen LogP) is 7.46. The molecule has 0 aliphatic rings. The molecule has 0 aliphatic carbocycles. The Bertz CT molecular complexity index is 1130. The SMILES string of the molecule is Cc1ccc(S(=O)(=O)OI(c2ccccc2C(C)(C)C)c2ccccc2C(C)(C)C)cc1. The molecule has 0 unspecified atom stereocenters. The third kappa shape index (κ3) is 5.61. The molecule has 0 aromatic heterocycles. The van der Waals surface area contributed by atoms with Gasteiger partial charge >= 0.3 is 202 Å². The van der Waals surface area contributed by atoms with Gasteiger partial charge in [0.15, 0.2) is 0 Å². The second-order valence-electron chi connectivity index (χ2n) is 10.0. The fraction of sp³-hybridized carbons (Fsp3) is 0.333. The van der Waals surface area contributed by atoms with E-state index in [1.165, 1.54) is 0 Å². The number of benzene rings is 3. The molecule has 3 nitrogen and oxygen atoms in total. The van der Waals surface area contributed by atoms with Crippen LogP contribution in [-0.4, -0.2) is 8.42 Å². The maximum atomic E-state index is 13.4. The third-order valence-corrected chi connectivity index (χ3v) is 12.8. The quantitative estimate of drug-likeness (QED) is 0.302. The molecule has 3 aromatic rings. The summed E-state index contributed by atoms with van der Waals surface area (Å²) >= 11 is -2.86. The van der Waals surface area contributed by atoms with Crippen molar-refractivity contribution in [2.75, 3.05) is 0 Å². The molecule has 0 aliphatic heterocycles. The number of halogens is 1. The second kappa shape index (κ2) is 9.27. The van der Waals surface area contributed by atoms with Gasteiger partial charge in [-0.15, -0.1) is 0 Å².